The summed E-state index contributed by atoms with van der Waals surface area (Å²) in [6, 6.07) is 6.82. The Kier molecular flexibility index (Phi) is 9.79. The Balaban J connectivity index is 1.32. The van der Waals surface area contributed by atoms with E-state index in [0.29, 0.717) is 31.1 Å². The molecule has 12 nitrogen and oxygen atoms in total. The Morgan fingerprint density at radius 1 is 1.21 bits per heavy atom. The van der Waals surface area contributed by atoms with Gasteiger partial charge in [-0.1, -0.05) is 6.07 Å². The zero-order valence-corrected chi connectivity index (χ0v) is 22.6. The van der Waals surface area contributed by atoms with Crippen molar-refractivity contribution in [2.24, 2.45) is 0 Å². The molecule has 0 bridgehead atoms. The number of pyridine rings is 1. The highest BCUT2D eigenvalue weighted by Gasteiger charge is 2.21. The molecule has 1 atom stereocenters. The van der Waals surface area contributed by atoms with Gasteiger partial charge < -0.3 is 20.6 Å². The molecule has 1 unspecified atom stereocenters. The molecule has 0 aliphatic carbocycles. The highest BCUT2D eigenvalue weighted by Crippen LogP contribution is 2.20. The minimum Gasteiger partial charge on any atom is -0.480 e. The lowest BCUT2D eigenvalue weighted by atomic mass is 10.1. The van der Waals surface area contributed by atoms with Crippen LogP contribution in [0.3, 0.4) is 0 Å². The van der Waals surface area contributed by atoms with Gasteiger partial charge in [-0.15, -0.1) is 0 Å². The number of nitrogens with zero attached hydrogens (tertiary/aromatic N) is 7. The largest absolute Gasteiger partial charge is 0.480 e. The number of unbranched alkanes of at least 4 members (excludes halogenated alkanes) is 1. The number of carboxylic acid groups (broad SMARTS) is 1. The van der Waals surface area contributed by atoms with Crippen LogP contribution < -0.4 is 10.6 Å². The van der Waals surface area contributed by atoms with Crippen LogP contribution in [0.4, 0.5) is 11.6 Å². The molecule has 3 aromatic rings. The van der Waals surface area contributed by atoms with E-state index in [0.717, 1.165) is 50.2 Å². The zero-order valence-electron chi connectivity index (χ0n) is 22.6. The molecular formula is C27H37N9O3. The van der Waals surface area contributed by atoms with Crippen molar-refractivity contribution in [1.82, 2.24) is 34.5 Å². The van der Waals surface area contributed by atoms with E-state index in [9.17, 15) is 14.7 Å². The van der Waals surface area contributed by atoms with Crippen molar-refractivity contribution in [3.05, 3.63) is 54.2 Å². The van der Waals surface area contributed by atoms with Crippen molar-refractivity contribution < 1.29 is 14.7 Å². The van der Waals surface area contributed by atoms with Crippen molar-refractivity contribution in [3.8, 4) is 5.82 Å². The summed E-state index contributed by atoms with van der Waals surface area (Å²) in [4.78, 5) is 41.2. The molecule has 39 heavy (non-hydrogen) atoms. The number of aliphatic carboxylic acids is 1. The predicted octanol–water partition coefficient (Wildman–Crippen LogP) is 2.08. The molecule has 0 saturated carbocycles. The van der Waals surface area contributed by atoms with E-state index in [-0.39, 0.29) is 12.5 Å². The maximum atomic E-state index is 12.5. The van der Waals surface area contributed by atoms with Crippen molar-refractivity contribution in [3.63, 3.8) is 0 Å². The second-order valence-corrected chi connectivity index (χ2v) is 9.90. The minimum absolute atomic E-state index is 0.0167. The molecular weight excluding hydrogens is 498 g/mol. The molecule has 0 fully saturated rings. The van der Waals surface area contributed by atoms with Gasteiger partial charge in [-0.05, 0) is 62.8 Å². The van der Waals surface area contributed by atoms with Crippen LogP contribution in [-0.4, -0.2) is 97.8 Å². The summed E-state index contributed by atoms with van der Waals surface area (Å²) in [5, 5.41) is 20.4. The van der Waals surface area contributed by atoms with Gasteiger partial charge in [0, 0.05) is 51.3 Å². The Morgan fingerprint density at radius 2 is 2.08 bits per heavy atom. The van der Waals surface area contributed by atoms with Crippen LogP contribution >= 0.6 is 0 Å². The van der Waals surface area contributed by atoms with Crippen molar-refractivity contribution in [2.75, 3.05) is 50.9 Å². The molecule has 1 aliphatic heterocycles. The monoisotopic (exact) mass is 535 g/mol. The van der Waals surface area contributed by atoms with Gasteiger partial charge in [0.15, 0.2) is 5.82 Å². The molecule has 1 aliphatic rings. The first-order valence-electron chi connectivity index (χ1n) is 13.4. The number of nitrogens with one attached hydrogen (secondary N) is 2. The normalized spacial score (nSPS) is 13.4. The van der Waals surface area contributed by atoms with Crippen molar-refractivity contribution in [1.29, 1.82) is 0 Å². The van der Waals surface area contributed by atoms with Crippen LogP contribution in [0.1, 0.15) is 36.9 Å². The number of anilines is 2. The summed E-state index contributed by atoms with van der Waals surface area (Å²) in [5.74, 6) is 0.927. The van der Waals surface area contributed by atoms with Gasteiger partial charge >= 0.3 is 5.97 Å². The minimum atomic E-state index is -0.986. The first-order valence-corrected chi connectivity index (χ1v) is 13.4. The molecule has 1 amide bonds. The number of aromatic nitrogens is 5. The molecule has 0 radical (unpaired) electrons. The van der Waals surface area contributed by atoms with Gasteiger partial charge in [0.1, 0.15) is 24.0 Å². The highest BCUT2D eigenvalue weighted by molar-refractivity contribution is 5.78. The molecule has 4 rings (SSSR count). The second kappa shape index (κ2) is 13.7. The number of likely N-dealkylation sites (N-methyl/N-ethyl adjacent to an activating group) is 1. The Hall–Kier alpha value is -4.06. The van der Waals surface area contributed by atoms with Crippen molar-refractivity contribution >= 4 is 23.5 Å². The van der Waals surface area contributed by atoms with Crippen LogP contribution in [0.15, 0.2) is 43.0 Å². The van der Waals surface area contributed by atoms with E-state index in [1.165, 1.54) is 11.9 Å². The SMILES string of the molecule is CN(C)C(=O)CN(CCCCc1ccc2c(n1)NCCC2)CCC(Nc1cc(-n2cccn2)ncn1)C(=O)O. The van der Waals surface area contributed by atoms with E-state index < -0.39 is 12.0 Å². The van der Waals surface area contributed by atoms with Gasteiger partial charge in [0.2, 0.25) is 5.91 Å². The summed E-state index contributed by atoms with van der Waals surface area (Å²) in [7, 11) is 3.45. The Bertz CT molecular complexity index is 1230. The molecule has 3 N–H and O–H groups in total. The van der Waals surface area contributed by atoms with Crippen LogP contribution in [0.5, 0.6) is 0 Å². The first-order chi connectivity index (χ1) is 18.9. The van der Waals surface area contributed by atoms with E-state index in [1.54, 1.807) is 48.2 Å². The number of carbonyl (C=O) groups is 2. The standard InChI is InChI=1S/C27H37N9O3/c1-34(2)25(37)18-35(14-4-3-8-21-10-9-20-7-5-12-28-26(20)32-21)16-11-22(27(38)39)33-23-17-24(30-19-29-23)36-15-6-13-31-36/h6,9-10,13,15,17,19,22H,3-5,7-8,11-12,14,16,18H2,1-2H3,(H,28,32)(H,38,39)(H,29,30,33). The average Bonchev–Trinajstić information content (AvgIpc) is 3.48. The Labute approximate surface area is 228 Å². The molecule has 208 valence electrons. The summed E-state index contributed by atoms with van der Waals surface area (Å²) in [6.07, 6.45) is 9.92. The van der Waals surface area contributed by atoms with Crippen LogP contribution in [-0.2, 0) is 22.4 Å². The van der Waals surface area contributed by atoms with E-state index in [4.69, 9.17) is 4.98 Å². The lowest BCUT2D eigenvalue weighted by Crippen LogP contribution is -2.40. The van der Waals surface area contributed by atoms with Crippen molar-refractivity contribution in [2.45, 2.75) is 44.6 Å². The summed E-state index contributed by atoms with van der Waals surface area (Å²) in [6.45, 7) is 2.33. The maximum Gasteiger partial charge on any atom is 0.326 e. The summed E-state index contributed by atoms with van der Waals surface area (Å²) >= 11 is 0. The number of fused-ring (bicyclic) bond motifs is 1. The third kappa shape index (κ3) is 8.21. The number of aryl methyl sites for hydroxylation is 2. The third-order valence-corrected chi connectivity index (χ3v) is 6.71. The van der Waals surface area contributed by atoms with Gasteiger partial charge in [0.05, 0.1) is 6.54 Å². The number of hydrogen-bond donors (Lipinski definition) is 3. The van der Waals surface area contributed by atoms with Gasteiger partial charge in [0.25, 0.3) is 0 Å². The smallest absolute Gasteiger partial charge is 0.326 e. The molecule has 3 aromatic heterocycles. The fourth-order valence-electron chi connectivity index (χ4n) is 4.46. The van der Waals surface area contributed by atoms with Crippen LogP contribution in [0, 0.1) is 0 Å². The van der Waals surface area contributed by atoms with E-state index in [1.807, 2.05) is 4.90 Å². The number of amides is 1. The first kappa shape index (κ1) is 28.0. The fourth-order valence-corrected chi connectivity index (χ4v) is 4.46. The van der Waals surface area contributed by atoms with E-state index in [2.05, 4.69) is 37.8 Å². The predicted molar refractivity (Wildman–Crippen MR) is 148 cm³/mol. The van der Waals surface area contributed by atoms with E-state index >= 15 is 0 Å². The molecule has 4 heterocycles. The van der Waals surface area contributed by atoms with Gasteiger partial charge in [-0.25, -0.2) is 24.4 Å². The lowest BCUT2D eigenvalue weighted by Gasteiger charge is -2.25. The topological polar surface area (TPSA) is 141 Å². The Morgan fingerprint density at radius 3 is 2.85 bits per heavy atom. The summed E-state index contributed by atoms with van der Waals surface area (Å²) < 4.78 is 1.58. The number of carbonyl (C=O) groups excluding carboxylic acids is 1. The second-order valence-electron chi connectivity index (χ2n) is 9.90. The highest BCUT2D eigenvalue weighted by atomic mass is 16.4. The maximum absolute atomic E-state index is 12.5. The number of hydrogen-bond acceptors (Lipinski definition) is 9. The quantitative estimate of drug-likeness (QED) is 0.263. The number of rotatable bonds is 14. The van der Waals surface area contributed by atoms with Crippen LogP contribution in [0.25, 0.3) is 5.82 Å². The number of carboxylic acids is 1. The third-order valence-electron chi connectivity index (χ3n) is 6.71. The zero-order chi connectivity index (χ0) is 27.6. The summed E-state index contributed by atoms with van der Waals surface area (Å²) in [5.41, 5.74) is 2.34. The molecule has 0 spiro atoms. The molecule has 12 heteroatoms. The van der Waals surface area contributed by atoms with Gasteiger partial charge in [-0.3, -0.25) is 9.69 Å². The molecule has 0 aromatic carbocycles. The molecule has 0 saturated heterocycles. The van der Waals surface area contributed by atoms with Crippen LogP contribution in [0.2, 0.25) is 0 Å². The fraction of sp³-hybridized carbons (Fsp3) is 0.481. The lowest BCUT2D eigenvalue weighted by molar-refractivity contribution is -0.138. The average molecular weight is 536 g/mol. The van der Waals surface area contributed by atoms with Gasteiger partial charge in [-0.2, -0.15) is 5.10 Å².